The highest BCUT2D eigenvalue weighted by atomic mass is 32.2. The molecule has 0 spiro atoms. The van der Waals surface area contributed by atoms with Crippen molar-refractivity contribution >= 4 is 35.5 Å². The van der Waals surface area contributed by atoms with Crippen LogP contribution in [0.4, 0.5) is 0 Å². The van der Waals surface area contributed by atoms with E-state index in [4.69, 9.17) is 0 Å². The first-order valence-electron chi connectivity index (χ1n) is 10.0. The third-order valence-corrected chi connectivity index (χ3v) is 6.88. The molecule has 158 valence electrons. The molecule has 8 nitrogen and oxygen atoms in total. The Morgan fingerprint density at radius 3 is 2.47 bits per heavy atom. The number of carboxylic acids is 1. The van der Waals surface area contributed by atoms with Gasteiger partial charge in [0.05, 0.1) is 12.0 Å². The van der Waals surface area contributed by atoms with E-state index in [2.05, 4.69) is 5.32 Å². The second-order valence-electron chi connectivity index (χ2n) is 7.60. The summed E-state index contributed by atoms with van der Waals surface area (Å²) in [7, 11) is 0. The van der Waals surface area contributed by atoms with Crippen LogP contribution in [0, 0.1) is 0 Å². The molecule has 3 aliphatic heterocycles. The van der Waals surface area contributed by atoms with Crippen molar-refractivity contribution in [3.63, 3.8) is 0 Å². The second kappa shape index (κ2) is 8.51. The highest BCUT2D eigenvalue weighted by molar-refractivity contribution is 8.00. The van der Waals surface area contributed by atoms with Crippen molar-refractivity contribution < 1.29 is 24.3 Å². The summed E-state index contributed by atoms with van der Waals surface area (Å²) >= 11 is 1.32. The van der Waals surface area contributed by atoms with Gasteiger partial charge in [0.15, 0.2) is 0 Å². The molecule has 3 heterocycles. The Bertz CT molecular complexity index is 910. The van der Waals surface area contributed by atoms with E-state index >= 15 is 0 Å². The Morgan fingerprint density at radius 2 is 1.80 bits per heavy atom. The lowest BCUT2D eigenvalue weighted by Crippen LogP contribution is -2.71. The molecule has 0 radical (unpaired) electrons. The molecule has 1 unspecified atom stereocenters. The van der Waals surface area contributed by atoms with Gasteiger partial charge in [-0.05, 0) is 24.8 Å². The highest BCUT2D eigenvalue weighted by Crippen LogP contribution is 2.41. The van der Waals surface area contributed by atoms with Crippen LogP contribution in [-0.4, -0.2) is 68.9 Å². The van der Waals surface area contributed by atoms with Crippen LogP contribution in [0.3, 0.4) is 0 Å². The van der Waals surface area contributed by atoms with Crippen molar-refractivity contribution in [1.82, 2.24) is 15.1 Å². The predicted octanol–water partition coefficient (Wildman–Crippen LogP) is 0.980. The Labute approximate surface area is 178 Å². The number of hydrogen-bond acceptors (Lipinski definition) is 5. The van der Waals surface area contributed by atoms with Gasteiger partial charge < -0.3 is 15.3 Å². The maximum absolute atomic E-state index is 12.9. The molecule has 3 aliphatic rings. The molecule has 2 N–H and O–H groups in total. The molecule has 0 aromatic heterocycles. The molecule has 0 bridgehead atoms. The average molecular weight is 429 g/mol. The number of carboxylic acid groups (broad SMARTS) is 1. The number of β-lactam (4-membered cyclic amide) rings is 1. The zero-order valence-electron chi connectivity index (χ0n) is 16.4. The predicted molar refractivity (Wildman–Crippen MR) is 110 cm³/mol. The fourth-order valence-electron chi connectivity index (χ4n) is 4.08. The quantitative estimate of drug-likeness (QED) is 0.676. The number of hydrogen-bond donors (Lipinski definition) is 2. The number of rotatable bonds is 5. The van der Waals surface area contributed by atoms with E-state index in [-0.39, 0.29) is 35.3 Å². The molecule has 1 aromatic carbocycles. The molecule has 2 saturated heterocycles. The molecule has 2 fully saturated rings. The summed E-state index contributed by atoms with van der Waals surface area (Å²) in [6.45, 7) is 1.21. The van der Waals surface area contributed by atoms with Gasteiger partial charge in [0.2, 0.25) is 5.91 Å². The summed E-state index contributed by atoms with van der Waals surface area (Å²) in [5.41, 5.74) is 0.747. The smallest absolute Gasteiger partial charge is 0.353 e. The molecule has 2 atom stereocenters. The minimum absolute atomic E-state index is 0.141. The number of benzene rings is 1. The van der Waals surface area contributed by atoms with Gasteiger partial charge in [0, 0.05) is 18.8 Å². The van der Waals surface area contributed by atoms with Crippen molar-refractivity contribution in [1.29, 1.82) is 0 Å². The number of carbonyl (C=O) groups is 4. The lowest BCUT2D eigenvalue weighted by atomic mass is 10.0. The molecule has 9 heteroatoms. The van der Waals surface area contributed by atoms with Crippen LogP contribution in [-0.2, 0) is 25.6 Å². The van der Waals surface area contributed by atoms with Crippen LogP contribution in [0.25, 0.3) is 0 Å². The average Bonchev–Trinajstić information content (AvgIpc) is 2.77. The van der Waals surface area contributed by atoms with E-state index in [1.807, 2.05) is 30.3 Å². The van der Waals surface area contributed by atoms with Gasteiger partial charge in [-0.1, -0.05) is 30.3 Å². The zero-order valence-corrected chi connectivity index (χ0v) is 17.2. The first kappa shape index (κ1) is 20.5. The third-order valence-electron chi connectivity index (χ3n) is 5.60. The Kier molecular flexibility index (Phi) is 5.80. The summed E-state index contributed by atoms with van der Waals surface area (Å²) in [6.07, 6.45) is 2.99. The number of nitrogens with zero attached hydrogens (tertiary/aromatic N) is 2. The number of thioether (sulfide) groups is 1. The van der Waals surface area contributed by atoms with Crippen LogP contribution in [0.2, 0.25) is 0 Å². The largest absolute Gasteiger partial charge is 0.477 e. The van der Waals surface area contributed by atoms with Crippen LogP contribution in [0.5, 0.6) is 0 Å². The molecular weight excluding hydrogens is 406 g/mol. The van der Waals surface area contributed by atoms with Crippen molar-refractivity contribution in [3.05, 3.63) is 47.2 Å². The van der Waals surface area contributed by atoms with Crippen molar-refractivity contribution in [3.8, 4) is 0 Å². The fraction of sp³-hybridized carbons (Fsp3) is 0.429. The number of piperidine rings is 1. The van der Waals surface area contributed by atoms with E-state index in [9.17, 15) is 24.3 Å². The van der Waals surface area contributed by atoms with Crippen LogP contribution >= 0.6 is 11.8 Å². The lowest BCUT2D eigenvalue weighted by molar-refractivity contribution is -0.151. The Morgan fingerprint density at radius 1 is 1.10 bits per heavy atom. The molecule has 4 rings (SSSR count). The van der Waals surface area contributed by atoms with Crippen LogP contribution < -0.4 is 5.32 Å². The standard InChI is InChI=1S/C21H23N3O5S/c25-15(11-13-7-3-1-4-8-13)22-16-19(27)24-17(21(28)29)14(12-30-20(16)24)18(26)23-9-5-2-6-10-23/h1,3-4,7-8,16,20H,2,5-6,9-12H2,(H,22,25)(H,28,29)/t16?,20-/m0/s1. The van der Waals surface area contributed by atoms with Gasteiger partial charge in [0.1, 0.15) is 17.1 Å². The minimum atomic E-state index is -1.29. The summed E-state index contributed by atoms with van der Waals surface area (Å²) in [5.74, 6) is -2.17. The summed E-state index contributed by atoms with van der Waals surface area (Å²) < 4.78 is 0. The van der Waals surface area contributed by atoms with Gasteiger partial charge in [-0.2, -0.15) is 0 Å². The molecule has 0 aliphatic carbocycles. The number of amides is 3. The van der Waals surface area contributed by atoms with Crippen molar-refractivity contribution in [2.75, 3.05) is 18.8 Å². The van der Waals surface area contributed by atoms with Gasteiger partial charge in [-0.15, -0.1) is 11.8 Å². The summed E-state index contributed by atoms with van der Waals surface area (Å²) in [5, 5.41) is 11.9. The van der Waals surface area contributed by atoms with E-state index in [0.717, 1.165) is 29.7 Å². The molecule has 30 heavy (non-hydrogen) atoms. The fourth-order valence-corrected chi connectivity index (χ4v) is 5.41. The first-order chi connectivity index (χ1) is 14.5. The van der Waals surface area contributed by atoms with Gasteiger partial charge in [-0.3, -0.25) is 19.3 Å². The number of aliphatic carboxylic acids is 1. The zero-order chi connectivity index (χ0) is 21.3. The van der Waals surface area contributed by atoms with Gasteiger partial charge in [-0.25, -0.2) is 4.79 Å². The molecule has 3 amide bonds. The maximum atomic E-state index is 12.9. The van der Waals surface area contributed by atoms with Gasteiger partial charge >= 0.3 is 5.97 Å². The monoisotopic (exact) mass is 429 g/mol. The summed E-state index contributed by atoms with van der Waals surface area (Å²) in [4.78, 5) is 52.7. The maximum Gasteiger partial charge on any atom is 0.353 e. The van der Waals surface area contributed by atoms with Crippen molar-refractivity contribution in [2.45, 2.75) is 37.1 Å². The lowest BCUT2D eigenvalue weighted by Gasteiger charge is -2.49. The first-order valence-corrected chi connectivity index (χ1v) is 11.1. The normalized spacial score (nSPS) is 23.5. The minimum Gasteiger partial charge on any atom is -0.477 e. The second-order valence-corrected chi connectivity index (χ2v) is 8.71. The van der Waals surface area contributed by atoms with Crippen LogP contribution in [0.1, 0.15) is 24.8 Å². The van der Waals surface area contributed by atoms with Gasteiger partial charge in [0.25, 0.3) is 11.8 Å². The highest BCUT2D eigenvalue weighted by Gasteiger charge is 2.55. The van der Waals surface area contributed by atoms with E-state index in [1.165, 1.54) is 11.8 Å². The number of fused-ring (bicyclic) bond motifs is 1. The summed E-state index contributed by atoms with van der Waals surface area (Å²) in [6, 6.07) is 8.39. The van der Waals surface area contributed by atoms with E-state index in [0.29, 0.717) is 13.1 Å². The number of likely N-dealkylation sites (tertiary alicyclic amines) is 1. The topological polar surface area (TPSA) is 107 Å². The SMILES string of the molecule is O=C(Cc1ccccc1)NC1C(=O)N2C(C(=O)O)=C(C(=O)N3CCCCC3)CS[C@@H]12. The van der Waals surface area contributed by atoms with Crippen LogP contribution in [0.15, 0.2) is 41.6 Å². The van der Waals surface area contributed by atoms with E-state index < -0.39 is 23.3 Å². The molecule has 1 aromatic rings. The number of carbonyl (C=O) groups excluding carboxylic acids is 3. The molecular formula is C21H23N3O5S. The van der Waals surface area contributed by atoms with E-state index in [1.54, 1.807) is 4.90 Å². The third kappa shape index (κ3) is 3.81. The Balaban J connectivity index is 1.48. The van der Waals surface area contributed by atoms with Crippen molar-refractivity contribution in [2.24, 2.45) is 0 Å². The molecule has 0 saturated carbocycles. The number of nitrogens with one attached hydrogen (secondary N) is 1. The Hall–Kier alpha value is -2.81.